The van der Waals surface area contributed by atoms with Crippen molar-refractivity contribution < 1.29 is 24.2 Å². The number of rotatable bonds is 1. The summed E-state index contributed by atoms with van der Waals surface area (Å²) in [5, 5.41) is 8.72. The number of Topliss-reactive ketones (excluding diaryl/α,β-unsaturated/α-hetero) is 1. The molecule has 1 fully saturated rings. The highest BCUT2D eigenvalue weighted by Gasteiger charge is 2.44. The standard InChI is InChI=1S/C9H10O5/c10-7-5-13-2-1-9(7)3-6(4-14-9)8(11)12/h3H,1-2,4-5H2,(H,11,12). The number of carboxylic acids is 1. The molecule has 2 rings (SSSR count). The van der Waals surface area contributed by atoms with Crippen molar-refractivity contribution in [2.45, 2.75) is 12.0 Å². The second kappa shape index (κ2) is 3.18. The molecule has 2 aliphatic heterocycles. The van der Waals surface area contributed by atoms with Crippen LogP contribution in [-0.2, 0) is 19.1 Å². The summed E-state index contributed by atoms with van der Waals surface area (Å²) in [6, 6.07) is 0. The Morgan fingerprint density at radius 3 is 2.86 bits per heavy atom. The number of ketones is 1. The molecule has 1 atom stereocenters. The molecule has 0 aromatic carbocycles. The van der Waals surface area contributed by atoms with Crippen LogP contribution in [0.2, 0.25) is 0 Å². The van der Waals surface area contributed by atoms with Crippen LogP contribution in [0.15, 0.2) is 11.6 Å². The van der Waals surface area contributed by atoms with Crippen LogP contribution in [0.25, 0.3) is 0 Å². The zero-order valence-corrected chi connectivity index (χ0v) is 7.49. The maximum atomic E-state index is 11.5. The summed E-state index contributed by atoms with van der Waals surface area (Å²) in [7, 11) is 0. The van der Waals surface area contributed by atoms with Gasteiger partial charge in [-0.3, -0.25) is 4.79 Å². The molecule has 2 aliphatic rings. The Morgan fingerprint density at radius 2 is 2.29 bits per heavy atom. The van der Waals surface area contributed by atoms with E-state index in [1.807, 2.05) is 0 Å². The molecular weight excluding hydrogens is 188 g/mol. The zero-order chi connectivity index (χ0) is 10.2. The van der Waals surface area contributed by atoms with Gasteiger partial charge in [-0.05, 0) is 6.08 Å². The molecule has 1 saturated heterocycles. The van der Waals surface area contributed by atoms with Crippen molar-refractivity contribution in [3.63, 3.8) is 0 Å². The summed E-state index contributed by atoms with van der Waals surface area (Å²) in [6.45, 7) is 0.430. The highest BCUT2D eigenvalue weighted by molar-refractivity contribution is 5.96. The van der Waals surface area contributed by atoms with Crippen LogP contribution >= 0.6 is 0 Å². The van der Waals surface area contributed by atoms with E-state index >= 15 is 0 Å². The van der Waals surface area contributed by atoms with Crippen LogP contribution in [-0.4, -0.2) is 42.3 Å². The maximum Gasteiger partial charge on any atom is 0.333 e. The van der Waals surface area contributed by atoms with Crippen molar-refractivity contribution in [2.75, 3.05) is 19.8 Å². The molecule has 5 nitrogen and oxygen atoms in total. The third-order valence-electron chi connectivity index (χ3n) is 2.49. The molecule has 0 aromatic heterocycles. The average molecular weight is 198 g/mol. The van der Waals surface area contributed by atoms with Gasteiger partial charge < -0.3 is 14.6 Å². The van der Waals surface area contributed by atoms with Gasteiger partial charge in [-0.2, -0.15) is 0 Å². The molecule has 0 saturated carbocycles. The minimum absolute atomic E-state index is 0.00106. The lowest BCUT2D eigenvalue weighted by Gasteiger charge is -2.29. The number of hydrogen-bond acceptors (Lipinski definition) is 4. The Hall–Kier alpha value is -1.20. The van der Waals surface area contributed by atoms with Gasteiger partial charge in [0, 0.05) is 6.42 Å². The molecule has 1 spiro atoms. The molecule has 0 aromatic rings. The first-order chi connectivity index (χ1) is 6.64. The largest absolute Gasteiger partial charge is 0.478 e. The summed E-state index contributed by atoms with van der Waals surface area (Å²) >= 11 is 0. The topological polar surface area (TPSA) is 72.8 Å². The SMILES string of the molecule is O=C(O)C1=CC2(CCOCC2=O)OC1. The van der Waals surface area contributed by atoms with Gasteiger partial charge in [-0.25, -0.2) is 4.79 Å². The monoisotopic (exact) mass is 198 g/mol. The fourth-order valence-corrected chi connectivity index (χ4v) is 1.65. The van der Waals surface area contributed by atoms with Gasteiger partial charge in [0.05, 0.1) is 18.8 Å². The summed E-state index contributed by atoms with van der Waals surface area (Å²) in [4.78, 5) is 22.1. The van der Waals surface area contributed by atoms with Gasteiger partial charge in [-0.15, -0.1) is 0 Å². The second-order valence-corrected chi connectivity index (χ2v) is 3.38. The first-order valence-electron chi connectivity index (χ1n) is 4.34. The lowest BCUT2D eigenvalue weighted by molar-refractivity contribution is -0.150. The average Bonchev–Trinajstić information content (AvgIpc) is 2.56. The third-order valence-corrected chi connectivity index (χ3v) is 2.49. The van der Waals surface area contributed by atoms with Crippen molar-refractivity contribution in [1.82, 2.24) is 0 Å². The minimum atomic E-state index is -1.03. The van der Waals surface area contributed by atoms with E-state index in [1.165, 1.54) is 6.08 Å². The molecule has 1 unspecified atom stereocenters. The number of hydrogen-bond donors (Lipinski definition) is 1. The van der Waals surface area contributed by atoms with Gasteiger partial charge in [0.15, 0.2) is 11.4 Å². The molecule has 5 heteroatoms. The molecule has 2 heterocycles. The van der Waals surface area contributed by atoms with Gasteiger partial charge in [0.2, 0.25) is 0 Å². The highest BCUT2D eigenvalue weighted by atomic mass is 16.5. The van der Waals surface area contributed by atoms with Crippen LogP contribution in [0.5, 0.6) is 0 Å². The van der Waals surface area contributed by atoms with E-state index in [4.69, 9.17) is 14.6 Å². The lowest BCUT2D eigenvalue weighted by Crippen LogP contribution is -2.44. The zero-order valence-electron chi connectivity index (χ0n) is 7.49. The lowest BCUT2D eigenvalue weighted by atomic mass is 9.92. The molecule has 1 N–H and O–H groups in total. The van der Waals surface area contributed by atoms with E-state index in [9.17, 15) is 9.59 Å². The van der Waals surface area contributed by atoms with E-state index in [-0.39, 0.29) is 24.6 Å². The summed E-state index contributed by atoms with van der Waals surface area (Å²) in [5.74, 6) is -1.22. The molecule has 0 aliphatic carbocycles. The fourth-order valence-electron chi connectivity index (χ4n) is 1.65. The van der Waals surface area contributed by atoms with Crippen molar-refractivity contribution in [3.05, 3.63) is 11.6 Å². The van der Waals surface area contributed by atoms with Crippen molar-refractivity contribution in [3.8, 4) is 0 Å². The van der Waals surface area contributed by atoms with Crippen molar-refractivity contribution in [1.29, 1.82) is 0 Å². The quantitative estimate of drug-likeness (QED) is 0.629. The second-order valence-electron chi connectivity index (χ2n) is 3.38. The van der Waals surface area contributed by atoms with Gasteiger partial charge in [-0.1, -0.05) is 0 Å². The number of aliphatic carboxylic acids is 1. The summed E-state index contributed by atoms with van der Waals surface area (Å²) in [6.07, 6.45) is 1.82. The van der Waals surface area contributed by atoms with E-state index < -0.39 is 11.6 Å². The normalized spacial score (nSPS) is 32.0. The minimum Gasteiger partial charge on any atom is -0.478 e. The number of carbonyl (C=O) groups excluding carboxylic acids is 1. The predicted octanol–water partition coefficient (Wildman–Crippen LogP) is -0.244. The highest BCUT2D eigenvalue weighted by Crippen LogP contribution is 2.30. The van der Waals surface area contributed by atoms with Crippen LogP contribution < -0.4 is 0 Å². The summed E-state index contributed by atoms with van der Waals surface area (Å²) < 4.78 is 10.2. The molecule has 76 valence electrons. The Morgan fingerprint density at radius 1 is 1.50 bits per heavy atom. The van der Waals surface area contributed by atoms with Crippen LogP contribution in [0.4, 0.5) is 0 Å². The molecule has 14 heavy (non-hydrogen) atoms. The smallest absolute Gasteiger partial charge is 0.333 e. The molecule has 0 radical (unpaired) electrons. The van der Waals surface area contributed by atoms with Crippen molar-refractivity contribution in [2.24, 2.45) is 0 Å². The molecular formula is C9H10O5. The third kappa shape index (κ3) is 1.34. The van der Waals surface area contributed by atoms with Gasteiger partial charge in [0.25, 0.3) is 0 Å². The van der Waals surface area contributed by atoms with Crippen LogP contribution in [0.1, 0.15) is 6.42 Å². The van der Waals surface area contributed by atoms with Crippen LogP contribution in [0, 0.1) is 0 Å². The van der Waals surface area contributed by atoms with Gasteiger partial charge in [0.1, 0.15) is 6.61 Å². The Labute approximate surface area is 80.3 Å². The maximum absolute atomic E-state index is 11.5. The summed E-state index contributed by atoms with van der Waals surface area (Å²) in [5.41, 5.74) is -0.869. The molecule has 0 bridgehead atoms. The fraction of sp³-hybridized carbons (Fsp3) is 0.556. The number of carbonyl (C=O) groups is 2. The number of ether oxygens (including phenoxy) is 2. The Balaban J connectivity index is 2.25. The van der Waals surface area contributed by atoms with E-state index in [2.05, 4.69) is 0 Å². The van der Waals surface area contributed by atoms with E-state index in [1.54, 1.807) is 0 Å². The van der Waals surface area contributed by atoms with Crippen molar-refractivity contribution >= 4 is 11.8 Å². The first kappa shape index (κ1) is 9.36. The van der Waals surface area contributed by atoms with E-state index in [0.717, 1.165) is 0 Å². The Bertz CT molecular complexity index is 319. The van der Waals surface area contributed by atoms with E-state index in [0.29, 0.717) is 13.0 Å². The Kier molecular flexibility index (Phi) is 2.13. The first-order valence-corrected chi connectivity index (χ1v) is 4.34. The van der Waals surface area contributed by atoms with Gasteiger partial charge >= 0.3 is 5.97 Å². The van der Waals surface area contributed by atoms with Crippen LogP contribution in [0.3, 0.4) is 0 Å². The predicted molar refractivity (Wildman–Crippen MR) is 44.8 cm³/mol. The number of carboxylic acid groups (broad SMARTS) is 1. The molecule has 0 amide bonds.